The Morgan fingerprint density at radius 3 is 2.86 bits per heavy atom. The summed E-state index contributed by atoms with van der Waals surface area (Å²) in [6.07, 6.45) is 1.44. The van der Waals surface area contributed by atoms with E-state index >= 15 is 0 Å². The first-order valence-corrected chi connectivity index (χ1v) is 4.08. The molecule has 0 atom stereocenters. The van der Waals surface area contributed by atoms with Crippen molar-refractivity contribution >= 4 is 22.7 Å². The third-order valence-electron chi connectivity index (χ3n) is 1.80. The highest BCUT2D eigenvalue weighted by Gasteiger charge is 2.01. The zero-order valence-corrected chi connectivity index (χ0v) is 7.36. The van der Waals surface area contributed by atoms with Gasteiger partial charge >= 0.3 is 0 Å². The Morgan fingerprint density at radius 1 is 1.29 bits per heavy atom. The van der Waals surface area contributed by atoms with Crippen LogP contribution in [0.15, 0.2) is 30.6 Å². The maximum Gasteiger partial charge on any atom is 0.191 e. The second-order valence-electron chi connectivity index (χ2n) is 2.78. The maximum absolute atomic E-state index is 7.11. The number of guanidine groups is 1. The van der Waals surface area contributed by atoms with Crippen LogP contribution in [-0.4, -0.2) is 15.9 Å². The van der Waals surface area contributed by atoms with E-state index in [1.807, 2.05) is 24.3 Å². The molecule has 0 aliphatic rings. The molecule has 2 rings (SSSR count). The summed E-state index contributed by atoms with van der Waals surface area (Å²) in [5.41, 5.74) is 6.05. The van der Waals surface area contributed by atoms with Crippen molar-refractivity contribution in [3.05, 3.63) is 30.6 Å². The van der Waals surface area contributed by atoms with Crippen molar-refractivity contribution in [1.82, 2.24) is 9.97 Å². The van der Waals surface area contributed by atoms with Crippen molar-refractivity contribution in [2.45, 2.75) is 0 Å². The second kappa shape index (κ2) is 3.29. The lowest BCUT2D eigenvalue weighted by Crippen LogP contribution is -2.21. The monoisotopic (exact) mass is 187 g/mol. The first-order chi connectivity index (χ1) is 6.77. The van der Waals surface area contributed by atoms with Crippen LogP contribution in [0.4, 0.5) is 5.82 Å². The summed E-state index contributed by atoms with van der Waals surface area (Å²) in [4.78, 5) is 8.09. The van der Waals surface area contributed by atoms with E-state index < -0.39 is 0 Å². The Balaban J connectivity index is 2.59. The first-order valence-electron chi connectivity index (χ1n) is 4.08. The van der Waals surface area contributed by atoms with Gasteiger partial charge in [0.05, 0.1) is 5.52 Å². The number of para-hydroxylation sites is 1. The first kappa shape index (κ1) is 8.43. The van der Waals surface area contributed by atoms with Gasteiger partial charge in [0.2, 0.25) is 0 Å². The molecular formula is C9H9N5. The van der Waals surface area contributed by atoms with Crippen LogP contribution in [-0.2, 0) is 0 Å². The van der Waals surface area contributed by atoms with E-state index in [4.69, 9.17) is 11.1 Å². The number of fused-ring (bicyclic) bond motifs is 1. The molecule has 14 heavy (non-hydrogen) atoms. The Hall–Kier alpha value is -2.17. The number of nitrogens with zero attached hydrogens (tertiary/aromatic N) is 2. The van der Waals surface area contributed by atoms with Crippen LogP contribution in [0.25, 0.3) is 10.9 Å². The van der Waals surface area contributed by atoms with Gasteiger partial charge in [-0.1, -0.05) is 12.1 Å². The number of hydrogen-bond donors (Lipinski definition) is 3. The lowest BCUT2D eigenvalue weighted by Gasteiger charge is -2.05. The average Bonchev–Trinajstić information content (AvgIpc) is 2.18. The molecule has 0 radical (unpaired) electrons. The topological polar surface area (TPSA) is 87.7 Å². The highest BCUT2D eigenvalue weighted by molar-refractivity contribution is 5.98. The number of anilines is 1. The molecule has 2 aromatic rings. The summed E-state index contributed by atoms with van der Waals surface area (Å²) in [6.45, 7) is 0. The van der Waals surface area contributed by atoms with E-state index in [1.54, 1.807) is 0 Å². The molecule has 0 unspecified atom stereocenters. The minimum Gasteiger partial charge on any atom is -0.370 e. The Labute approximate surface area is 80.5 Å². The van der Waals surface area contributed by atoms with Gasteiger partial charge in [-0.15, -0.1) is 0 Å². The summed E-state index contributed by atoms with van der Waals surface area (Å²) < 4.78 is 0. The molecule has 4 N–H and O–H groups in total. The highest BCUT2D eigenvalue weighted by atomic mass is 15.1. The van der Waals surface area contributed by atoms with Crippen LogP contribution in [0.5, 0.6) is 0 Å². The van der Waals surface area contributed by atoms with E-state index in [9.17, 15) is 0 Å². The second-order valence-corrected chi connectivity index (χ2v) is 2.78. The largest absolute Gasteiger partial charge is 0.370 e. The molecule has 5 nitrogen and oxygen atoms in total. The fourth-order valence-electron chi connectivity index (χ4n) is 1.23. The molecule has 1 aromatic carbocycles. The smallest absolute Gasteiger partial charge is 0.191 e. The van der Waals surface area contributed by atoms with Gasteiger partial charge in [-0.3, -0.25) is 5.41 Å². The number of rotatable bonds is 1. The molecule has 0 spiro atoms. The Kier molecular flexibility index (Phi) is 1.98. The van der Waals surface area contributed by atoms with Crippen LogP contribution in [0.1, 0.15) is 0 Å². The summed E-state index contributed by atoms with van der Waals surface area (Å²) in [7, 11) is 0. The third-order valence-corrected chi connectivity index (χ3v) is 1.80. The summed E-state index contributed by atoms with van der Waals surface area (Å²) in [6, 6.07) is 7.53. The lowest BCUT2D eigenvalue weighted by molar-refractivity contribution is 1.22. The Morgan fingerprint density at radius 2 is 2.07 bits per heavy atom. The zero-order chi connectivity index (χ0) is 9.97. The molecule has 0 aliphatic heterocycles. The minimum atomic E-state index is -0.131. The minimum absolute atomic E-state index is 0.131. The standard InChI is InChI=1S/C9H9N5/c10-9(11)14-8-6-3-1-2-4-7(6)12-5-13-8/h1-5H,(H4,10,11,12,13,14). The van der Waals surface area contributed by atoms with Gasteiger partial charge in [-0.25, -0.2) is 9.97 Å². The predicted octanol–water partition coefficient (Wildman–Crippen LogP) is 0.935. The number of hydrogen-bond acceptors (Lipinski definition) is 3. The molecule has 1 aromatic heterocycles. The van der Waals surface area contributed by atoms with E-state index in [-0.39, 0.29) is 5.96 Å². The maximum atomic E-state index is 7.11. The van der Waals surface area contributed by atoms with Gasteiger partial charge < -0.3 is 11.1 Å². The average molecular weight is 187 g/mol. The number of benzene rings is 1. The van der Waals surface area contributed by atoms with Crippen LogP contribution in [0, 0.1) is 5.41 Å². The lowest BCUT2D eigenvalue weighted by atomic mass is 10.2. The van der Waals surface area contributed by atoms with Crippen molar-refractivity contribution < 1.29 is 0 Å². The van der Waals surface area contributed by atoms with Crippen molar-refractivity contribution in [2.24, 2.45) is 5.73 Å². The third kappa shape index (κ3) is 1.47. The molecule has 0 bridgehead atoms. The van der Waals surface area contributed by atoms with E-state index in [1.165, 1.54) is 6.33 Å². The van der Waals surface area contributed by atoms with Gasteiger partial charge in [0, 0.05) is 5.39 Å². The van der Waals surface area contributed by atoms with Crippen LogP contribution < -0.4 is 11.1 Å². The van der Waals surface area contributed by atoms with Gasteiger partial charge in [0.15, 0.2) is 5.96 Å². The van der Waals surface area contributed by atoms with E-state index in [0.717, 1.165) is 10.9 Å². The summed E-state index contributed by atoms with van der Waals surface area (Å²) in [5.74, 6) is 0.428. The molecule has 0 aliphatic carbocycles. The van der Waals surface area contributed by atoms with Gasteiger partial charge in [0.25, 0.3) is 0 Å². The molecular weight excluding hydrogens is 178 g/mol. The van der Waals surface area contributed by atoms with Crippen LogP contribution in [0.2, 0.25) is 0 Å². The van der Waals surface area contributed by atoms with E-state index in [0.29, 0.717) is 5.82 Å². The molecule has 0 saturated heterocycles. The van der Waals surface area contributed by atoms with Gasteiger partial charge in [-0.2, -0.15) is 0 Å². The van der Waals surface area contributed by atoms with Crippen LogP contribution in [0.3, 0.4) is 0 Å². The molecule has 0 saturated carbocycles. The van der Waals surface area contributed by atoms with Crippen LogP contribution >= 0.6 is 0 Å². The number of nitrogens with two attached hydrogens (primary N) is 1. The molecule has 1 heterocycles. The SMILES string of the molecule is N=C(N)Nc1ncnc2ccccc12. The van der Waals surface area contributed by atoms with Crippen molar-refractivity contribution in [3.8, 4) is 0 Å². The zero-order valence-electron chi connectivity index (χ0n) is 7.36. The molecule has 0 fully saturated rings. The normalized spacial score (nSPS) is 10.0. The van der Waals surface area contributed by atoms with Crippen molar-refractivity contribution in [1.29, 1.82) is 5.41 Å². The van der Waals surface area contributed by atoms with Crippen molar-refractivity contribution in [3.63, 3.8) is 0 Å². The fraction of sp³-hybridized carbons (Fsp3) is 0. The number of aromatic nitrogens is 2. The highest BCUT2D eigenvalue weighted by Crippen LogP contribution is 2.17. The number of nitrogens with one attached hydrogen (secondary N) is 2. The van der Waals surface area contributed by atoms with Gasteiger partial charge in [0.1, 0.15) is 12.1 Å². The summed E-state index contributed by atoms with van der Waals surface area (Å²) >= 11 is 0. The molecule has 70 valence electrons. The van der Waals surface area contributed by atoms with Gasteiger partial charge in [-0.05, 0) is 12.1 Å². The Bertz CT molecular complexity index is 474. The molecule has 5 heteroatoms. The van der Waals surface area contributed by atoms with E-state index in [2.05, 4.69) is 15.3 Å². The van der Waals surface area contributed by atoms with Crippen molar-refractivity contribution in [2.75, 3.05) is 5.32 Å². The molecule has 0 amide bonds. The predicted molar refractivity (Wildman–Crippen MR) is 55.1 cm³/mol. The summed E-state index contributed by atoms with van der Waals surface area (Å²) in [5, 5.41) is 10.6. The fourth-order valence-corrected chi connectivity index (χ4v) is 1.23. The quantitative estimate of drug-likeness (QED) is 0.458.